The number of anilines is 1. The summed E-state index contributed by atoms with van der Waals surface area (Å²) in [6, 6.07) is 8.33. The normalized spacial score (nSPS) is 25.9. The highest BCUT2D eigenvalue weighted by atomic mass is 19.4. The maximum atomic E-state index is 13.1. The third kappa shape index (κ3) is 3.15. The number of hydrogen-bond donors (Lipinski definition) is 0. The van der Waals surface area contributed by atoms with Crippen molar-refractivity contribution in [1.29, 1.82) is 5.26 Å². The summed E-state index contributed by atoms with van der Waals surface area (Å²) in [6.45, 7) is 0.194. The Morgan fingerprint density at radius 1 is 1.11 bits per heavy atom. The Kier molecular flexibility index (Phi) is 4.61. The maximum Gasteiger partial charge on any atom is 0.391 e. The van der Waals surface area contributed by atoms with Gasteiger partial charge in [0.2, 0.25) is 0 Å². The molecule has 2 fully saturated rings. The van der Waals surface area contributed by atoms with Gasteiger partial charge in [0.15, 0.2) is 0 Å². The molecule has 5 nitrogen and oxygen atoms in total. The van der Waals surface area contributed by atoms with Crippen LogP contribution in [0.1, 0.15) is 25.7 Å². The van der Waals surface area contributed by atoms with Gasteiger partial charge in [0.05, 0.1) is 30.4 Å². The SMILES string of the molecule is N#CC1CN(C2CCC(C(F)(F)F)CC2)C(=O)N1c1cncc2ccccc12. The third-order valence-electron chi connectivity index (χ3n) is 5.79. The molecule has 2 aliphatic rings. The van der Waals surface area contributed by atoms with Gasteiger partial charge in [-0.05, 0) is 25.7 Å². The lowest BCUT2D eigenvalue weighted by atomic mass is 9.85. The van der Waals surface area contributed by atoms with Crippen LogP contribution in [-0.4, -0.2) is 40.7 Å². The van der Waals surface area contributed by atoms with Crippen LogP contribution < -0.4 is 4.90 Å². The van der Waals surface area contributed by atoms with Crippen LogP contribution in [0.3, 0.4) is 0 Å². The van der Waals surface area contributed by atoms with Crippen molar-refractivity contribution < 1.29 is 18.0 Å². The summed E-state index contributed by atoms with van der Waals surface area (Å²) in [5, 5.41) is 11.3. The predicted molar refractivity (Wildman–Crippen MR) is 97.5 cm³/mol. The third-order valence-corrected chi connectivity index (χ3v) is 5.79. The number of carbonyl (C=O) groups is 1. The first-order chi connectivity index (χ1) is 13.4. The van der Waals surface area contributed by atoms with E-state index in [1.165, 1.54) is 4.90 Å². The van der Waals surface area contributed by atoms with E-state index in [2.05, 4.69) is 11.1 Å². The Bertz CT molecular complexity index is 926. The molecule has 1 unspecified atom stereocenters. The van der Waals surface area contributed by atoms with Crippen molar-refractivity contribution in [3.05, 3.63) is 36.7 Å². The van der Waals surface area contributed by atoms with Gasteiger partial charge in [-0.25, -0.2) is 4.79 Å². The summed E-state index contributed by atoms with van der Waals surface area (Å²) in [5.41, 5.74) is 0.557. The molecule has 1 atom stereocenters. The molecule has 0 bridgehead atoms. The number of alkyl halides is 3. The molecule has 28 heavy (non-hydrogen) atoms. The van der Waals surface area contributed by atoms with Gasteiger partial charge in [-0.1, -0.05) is 24.3 Å². The van der Waals surface area contributed by atoms with Crippen LogP contribution in [0.15, 0.2) is 36.7 Å². The number of rotatable bonds is 2. The predicted octanol–water partition coefficient (Wildman–Crippen LogP) is 4.49. The van der Waals surface area contributed by atoms with Crippen LogP contribution in [0.2, 0.25) is 0 Å². The second-order valence-electron chi connectivity index (χ2n) is 7.38. The number of amides is 2. The number of urea groups is 1. The number of nitrogens with zero attached hydrogens (tertiary/aromatic N) is 4. The fourth-order valence-corrected chi connectivity index (χ4v) is 4.30. The van der Waals surface area contributed by atoms with Gasteiger partial charge in [0, 0.05) is 23.0 Å². The van der Waals surface area contributed by atoms with Gasteiger partial charge in [-0.15, -0.1) is 0 Å². The van der Waals surface area contributed by atoms with Crippen molar-refractivity contribution >= 4 is 22.5 Å². The van der Waals surface area contributed by atoms with Crippen molar-refractivity contribution in [3.63, 3.8) is 0 Å². The quantitative estimate of drug-likeness (QED) is 0.762. The first-order valence-electron chi connectivity index (χ1n) is 9.29. The molecular weight excluding hydrogens is 369 g/mol. The van der Waals surface area contributed by atoms with E-state index in [0.717, 1.165) is 10.8 Å². The number of halogens is 3. The molecular formula is C20H19F3N4O. The monoisotopic (exact) mass is 388 g/mol. The molecule has 2 amide bonds. The number of hydrogen-bond acceptors (Lipinski definition) is 3. The van der Waals surface area contributed by atoms with Crippen molar-refractivity contribution in [1.82, 2.24) is 9.88 Å². The molecule has 1 saturated carbocycles. The van der Waals surface area contributed by atoms with Crippen LogP contribution in [0.25, 0.3) is 10.8 Å². The molecule has 0 radical (unpaired) electrons. The van der Waals surface area contributed by atoms with Gasteiger partial charge in [0.1, 0.15) is 6.04 Å². The topological polar surface area (TPSA) is 60.2 Å². The maximum absolute atomic E-state index is 13.1. The van der Waals surface area contributed by atoms with Crippen LogP contribution in [0.5, 0.6) is 0 Å². The number of aromatic nitrogens is 1. The second-order valence-corrected chi connectivity index (χ2v) is 7.38. The molecule has 0 N–H and O–H groups in total. The summed E-state index contributed by atoms with van der Waals surface area (Å²) < 4.78 is 38.8. The molecule has 0 spiro atoms. The highest BCUT2D eigenvalue weighted by molar-refractivity contribution is 6.04. The molecule has 1 aliphatic heterocycles. The van der Waals surface area contributed by atoms with E-state index in [0.29, 0.717) is 18.5 Å². The van der Waals surface area contributed by atoms with E-state index >= 15 is 0 Å². The number of benzene rings is 1. The zero-order chi connectivity index (χ0) is 19.9. The van der Waals surface area contributed by atoms with Crippen LogP contribution >= 0.6 is 0 Å². The largest absolute Gasteiger partial charge is 0.391 e. The summed E-state index contributed by atoms with van der Waals surface area (Å²) >= 11 is 0. The molecule has 8 heteroatoms. The average molecular weight is 388 g/mol. The van der Waals surface area contributed by atoms with Crippen LogP contribution in [0.4, 0.5) is 23.7 Å². The summed E-state index contributed by atoms with van der Waals surface area (Å²) in [4.78, 5) is 20.3. The minimum atomic E-state index is -4.18. The fraction of sp³-hybridized carbons (Fsp3) is 0.450. The molecule has 146 valence electrons. The molecule has 1 aliphatic carbocycles. The lowest BCUT2D eigenvalue weighted by molar-refractivity contribution is -0.183. The molecule has 1 aromatic carbocycles. The van der Waals surface area contributed by atoms with Crippen molar-refractivity contribution in [2.24, 2.45) is 5.92 Å². The summed E-state index contributed by atoms with van der Waals surface area (Å²) in [6.07, 6.45) is -0.289. The minimum Gasteiger partial charge on any atom is -0.318 e. The van der Waals surface area contributed by atoms with E-state index in [1.807, 2.05) is 24.3 Å². The molecule has 1 saturated heterocycles. The smallest absolute Gasteiger partial charge is 0.318 e. The van der Waals surface area contributed by atoms with Crippen LogP contribution in [-0.2, 0) is 0 Å². The van der Waals surface area contributed by atoms with Gasteiger partial charge < -0.3 is 4.90 Å². The lowest BCUT2D eigenvalue weighted by Gasteiger charge is -2.34. The molecule has 1 aromatic heterocycles. The average Bonchev–Trinajstić information content (AvgIpc) is 3.03. The molecule has 2 heterocycles. The molecule has 2 aromatic rings. The zero-order valence-corrected chi connectivity index (χ0v) is 15.1. The van der Waals surface area contributed by atoms with Crippen molar-refractivity contribution in [3.8, 4) is 6.07 Å². The Labute approximate surface area is 160 Å². The Morgan fingerprint density at radius 3 is 2.50 bits per heavy atom. The summed E-state index contributed by atoms with van der Waals surface area (Å²) in [7, 11) is 0. The Balaban J connectivity index is 1.59. The summed E-state index contributed by atoms with van der Waals surface area (Å²) in [5.74, 6) is -1.30. The van der Waals surface area contributed by atoms with Gasteiger partial charge in [-0.3, -0.25) is 9.88 Å². The lowest BCUT2D eigenvalue weighted by Crippen LogP contribution is -2.43. The molecule has 4 rings (SSSR count). The van der Waals surface area contributed by atoms with E-state index < -0.39 is 18.1 Å². The second kappa shape index (κ2) is 6.97. The highest BCUT2D eigenvalue weighted by Crippen LogP contribution is 2.40. The standard InChI is InChI=1S/C20H19F3N4O/c21-20(22,23)14-5-7-15(8-6-14)26-12-16(9-24)27(19(26)28)18-11-25-10-13-3-1-2-4-17(13)18/h1-4,10-11,14-16H,5-8,12H2. The van der Waals surface area contributed by atoms with Crippen molar-refractivity contribution in [2.75, 3.05) is 11.4 Å². The first-order valence-corrected chi connectivity index (χ1v) is 9.29. The van der Waals surface area contributed by atoms with E-state index in [-0.39, 0.29) is 31.5 Å². The van der Waals surface area contributed by atoms with E-state index in [4.69, 9.17) is 0 Å². The first kappa shape index (κ1) is 18.5. The van der Waals surface area contributed by atoms with E-state index in [9.17, 15) is 23.2 Å². The number of pyridine rings is 1. The highest BCUT2D eigenvalue weighted by Gasteiger charge is 2.46. The van der Waals surface area contributed by atoms with Gasteiger partial charge in [-0.2, -0.15) is 18.4 Å². The fourth-order valence-electron chi connectivity index (χ4n) is 4.30. The van der Waals surface area contributed by atoms with Crippen molar-refractivity contribution in [2.45, 2.75) is 43.9 Å². The van der Waals surface area contributed by atoms with Gasteiger partial charge in [0.25, 0.3) is 0 Å². The van der Waals surface area contributed by atoms with E-state index in [1.54, 1.807) is 17.3 Å². The number of nitriles is 1. The minimum absolute atomic E-state index is 0.0188. The van der Waals surface area contributed by atoms with Gasteiger partial charge >= 0.3 is 12.2 Å². The zero-order valence-electron chi connectivity index (χ0n) is 15.1. The van der Waals surface area contributed by atoms with Crippen LogP contribution in [0, 0.1) is 17.2 Å². The number of fused-ring (bicyclic) bond motifs is 1. The number of carbonyl (C=O) groups excluding carboxylic acids is 1. The Morgan fingerprint density at radius 2 is 1.82 bits per heavy atom. The Hall–Kier alpha value is -2.82.